The van der Waals surface area contributed by atoms with Gasteiger partial charge in [0.25, 0.3) is 0 Å². The lowest BCUT2D eigenvalue weighted by Crippen LogP contribution is -2.31. The summed E-state index contributed by atoms with van der Waals surface area (Å²) in [7, 11) is 0. The summed E-state index contributed by atoms with van der Waals surface area (Å²) in [6.45, 7) is 3.97. The third-order valence-corrected chi connectivity index (χ3v) is 5.08. The van der Waals surface area contributed by atoms with Gasteiger partial charge in [0.2, 0.25) is 6.79 Å². The van der Waals surface area contributed by atoms with E-state index in [1.54, 1.807) is 11.3 Å². The third-order valence-electron chi connectivity index (χ3n) is 4.34. The highest BCUT2D eigenvalue weighted by molar-refractivity contribution is 7.07. The average Bonchev–Trinajstić information content (AvgIpc) is 3.30. The molecule has 4 nitrogen and oxygen atoms in total. The fourth-order valence-electron chi connectivity index (χ4n) is 3.26. The van der Waals surface area contributed by atoms with E-state index in [0.717, 1.165) is 44.2 Å². The third kappa shape index (κ3) is 3.52. The monoisotopic (exact) mass is 331 g/mol. The molecule has 2 aliphatic heterocycles. The van der Waals surface area contributed by atoms with Crippen LogP contribution in [-0.2, 0) is 17.8 Å². The predicted molar refractivity (Wildman–Crippen MR) is 90.0 cm³/mol. The molecule has 2 aromatic rings. The van der Waals surface area contributed by atoms with E-state index in [2.05, 4.69) is 27.8 Å². The Hall–Kier alpha value is -1.56. The first-order chi connectivity index (χ1) is 11.4. The maximum atomic E-state index is 5.84. The lowest BCUT2D eigenvalue weighted by Gasteiger charge is -2.25. The number of benzene rings is 1. The zero-order chi connectivity index (χ0) is 15.5. The Morgan fingerprint density at radius 2 is 2.17 bits per heavy atom. The van der Waals surface area contributed by atoms with Crippen molar-refractivity contribution >= 4 is 11.3 Å². The summed E-state index contributed by atoms with van der Waals surface area (Å²) in [6.07, 6.45) is 2.68. The van der Waals surface area contributed by atoms with E-state index in [1.165, 1.54) is 17.5 Å². The van der Waals surface area contributed by atoms with E-state index in [-0.39, 0.29) is 0 Å². The molecule has 0 spiro atoms. The Balaban J connectivity index is 1.51. The van der Waals surface area contributed by atoms with Crippen molar-refractivity contribution in [2.75, 3.05) is 19.9 Å². The second kappa shape index (κ2) is 6.91. The molecular weight excluding hydrogens is 310 g/mol. The van der Waals surface area contributed by atoms with Crippen LogP contribution < -0.4 is 9.47 Å². The molecule has 5 heteroatoms. The van der Waals surface area contributed by atoms with E-state index in [4.69, 9.17) is 14.2 Å². The number of fused-ring (bicyclic) bond motifs is 1. The number of hydrogen-bond acceptors (Lipinski definition) is 5. The van der Waals surface area contributed by atoms with E-state index < -0.39 is 0 Å². The SMILES string of the molecule is c1cc(CN(Cc2ccsc2)C[C@@H]2CCCO2)c2c(c1)OCO2. The van der Waals surface area contributed by atoms with Crippen molar-refractivity contribution in [1.29, 1.82) is 0 Å². The largest absolute Gasteiger partial charge is 0.454 e. The van der Waals surface area contributed by atoms with Crippen LogP contribution in [0.3, 0.4) is 0 Å². The molecule has 0 aliphatic carbocycles. The fourth-order valence-corrected chi connectivity index (χ4v) is 3.92. The molecule has 122 valence electrons. The summed E-state index contributed by atoms with van der Waals surface area (Å²) in [5.41, 5.74) is 2.55. The van der Waals surface area contributed by atoms with Gasteiger partial charge >= 0.3 is 0 Å². The van der Waals surface area contributed by atoms with Crippen LogP contribution >= 0.6 is 11.3 Å². The second-order valence-electron chi connectivity index (χ2n) is 6.09. The van der Waals surface area contributed by atoms with Gasteiger partial charge < -0.3 is 14.2 Å². The summed E-state index contributed by atoms with van der Waals surface area (Å²) in [5.74, 6) is 1.75. The molecule has 4 rings (SSSR count). The average molecular weight is 331 g/mol. The molecule has 0 bridgehead atoms. The van der Waals surface area contributed by atoms with Crippen molar-refractivity contribution in [3.63, 3.8) is 0 Å². The van der Waals surface area contributed by atoms with Gasteiger partial charge in [-0.3, -0.25) is 4.90 Å². The van der Waals surface area contributed by atoms with Crippen molar-refractivity contribution in [1.82, 2.24) is 4.90 Å². The quantitative estimate of drug-likeness (QED) is 0.808. The Morgan fingerprint density at radius 1 is 1.17 bits per heavy atom. The maximum absolute atomic E-state index is 5.84. The topological polar surface area (TPSA) is 30.9 Å². The minimum Gasteiger partial charge on any atom is -0.454 e. The van der Waals surface area contributed by atoms with Crippen molar-refractivity contribution in [2.45, 2.75) is 32.0 Å². The molecule has 0 radical (unpaired) electrons. The molecule has 1 saturated heterocycles. The van der Waals surface area contributed by atoms with E-state index in [1.807, 2.05) is 12.1 Å². The van der Waals surface area contributed by atoms with Crippen LogP contribution in [0.2, 0.25) is 0 Å². The fraction of sp³-hybridized carbons (Fsp3) is 0.444. The highest BCUT2D eigenvalue weighted by Gasteiger charge is 2.23. The first-order valence-electron chi connectivity index (χ1n) is 8.11. The number of nitrogens with zero attached hydrogens (tertiary/aromatic N) is 1. The van der Waals surface area contributed by atoms with Crippen molar-refractivity contribution in [2.24, 2.45) is 0 Å². The molecule has 2 aliphatic rings. The molecular formula is C18H21NO3S. The Kier molecular flexibility index (Phi) is 4.50. The van der Waals surface area contributed by atoms with Gasteiger partial charge in [0, 0.05) is 31.8 Å². The molecule has 0 unspecified atom stereocenters. The number of hydrogen-bond donors (Lipinski definition) is 0. The summed E-state index contributed by atoms with van der Waals surface area (Å²) in [5, 5.41) is 4.36. The smallest absolute Gasteiger partial charge is 0.231 e. The predicted octanol–water partition coefficient (Wildman–Crippen LogP) is 3.66. The molecule has 1 aromatic carbocycles. The van der Waals surface area contributed by atoms with Gasteiger partial charge in [0.1, 0.15) is 0 Å². The molecule has 23 heavy (non-hydrogen) atoms. The van der Waals surface area contributed by atoms with Crippen LogP contribution in [0.15, 0.2) is 35.0 Å². The molecule has 0 amide bonds. The molecule has 1 fully saturated rings. The number of thiophene rings is 1. The van der Waals surface area contributed by atoms with Crippen LogP contribution in [0.5, 0.6) is 11.5 Å². The Labute approximate surface area is 140 Å². The van der Waals surface area contributed by atoms with Crippen LogP contribution in [-0.4, -0.2) is 30.9 Å². The van der Waals surface area contributed by atoms with Crippen LogP contribution in [0.4, 0.5) is 0 Å². The van der Waals surface area contributed by atoms with Gasteiger partial charge in [-0.2, -0.15) is 11.3 Å². The maximum Gasteiger partial charge on any atom is 0.231 e. The molecule has 1 atom stereocenters. The normalized spacial score (nSPS) is 19.6. The lowest BCUT2D eigenvalue weighted by atomic mass is 10.1. The van der Waals surface area contributed by atoms with Crippen LogP contribution in [0.1, 0.15) is 24.0 Å². The highest BCUT2D eigenvalue weighted by Crippen LogP contribution is 2.36. The summed E-state index contributed by atoms with van der Waals surface area (Å²) in [4.78, 5) is 2.45. The van der Waals surface area contributed by atoms with Crippen molar-refractivity contribution in [3.8, 4) is 11.5 Å². The number of para-hydroxylation sites is 1. The molecule has 1 aromatic heterocycles. The van der Waals surface area contributed by atoms with E-state index >= 15 is 0 Å². The van der Waals surface area contributed by atoms with E-state index in [9.17, 15) is 0 Å². The van der Waals surface area contributed by atoms with Crippen LogP contribution in [0, 0.1) is 0 Å². The molecule has 0 N–H and O–H groups in total. The Bertz CT molecular complexity index is 638. The van der Waals surface area contributed by atoms with Crippen LogP contribution in [0.25, 0.3) is 0 Å². The first kappa shape index (κ1) is 15.0. The minimum absolute atomic E-state index is 0.322. The second-order valence-corrected chi connectivity index (χ2v) is 6.87. The molecule has 0 saturated carbocycles. The standard InChI is InChI=1S/C18H21NO3S/c1-3-15(18-17(5-1)21-13-22-18)10-19(9-14-6-8-23-12-14)11-16-4-2-7-20-16/h1,3,5-6,8,12,16H,2,4,7,9-11,13H2/t16-/m0/s1. The van der Waals surface area contributed by atoms with Gasteiger partial charge in [-0.05, 0) is 41.3 Å². The summed E-state index contributed by atoms with van der Waals surface area (Å²) >= 11 is 1.75. The van der Waals surface area contributed by atoms with Crippen molar-refractivity contribution < 1.29 is 14.2 Å². The number of rotatable bonds is 6. The Morgan fingerprint density at radius 3 is 3.00 bits per heavy atom. The lowest BCUT2D eigenvalue weighted by molar-refractivity contribution is 0.0675. The minimum atomic E-state index is 0.322. The summed E-state index contributed by atoms with van der Waals surface area (Å²) in [6, 6.07) is 8.33. The summed E-state index contributed by atoms with van der Waals surface area (Å²) < 4.78 is 17.0. The zero-order valence-corrected chi connectivity index (χ0v) is 13.9. The highest BCUT2D eigenvalue weighted by atomic mass is 32.1. The van der Waals surface area contributed by atoms with Gasteiger partial charge in [0.15, 0.2) is 11.5 Å². The number of ether oxygens (including phenoxy) is 3. The molecule has 3 heterocycles. The van der Waals surface area contributed by atoms with Gasteiger partial charge in [0.05, 0.1) is 6.10 Å². The van der Waals surface area contributed by atoms with Gasteiger partial charge in [-0.15, -0.1) is 0 Å². The van der Waals surface area contributed by atoms with Gasteiger partial charge in [-0.1, -0.05) is 12.1 Å². The zero-order valence-electron chi connectivity index (χ0n) is 13.1. The van der Waals surface area contributed by atoms with Gasteiger partial charge in [-0.25, -0.2) is 0 Å². The van der Waals surface area contributed by atoms with Crippen molar-refractivity contribution in [3.05, 3.63) is 46.2 Å². The van der Waals surface area contributed by atoms with E-state index in [0.29, 0.717) is 12.9 Å². The first-order valence-corrected chi connectivity index (χ1v) is 9.05.